The van der Waals surface area contributed by atoms with Gasteiger partial charge in [0.1, 0.15) is 30.4 Å². The molecule has 9 heteroatoms. The first-order valence-corrected chi connectivity index (χ1v) is 7.82. The highest BCUT2D eigenvalue weighted by Gasteiger charge is 2.25. The summed E-state index contributed by atoms with van der Waals surface area (Å²) in [5.74, 6) is -4.19. The molecule has 27 heavy (non-hydrogen) atoms. The van der Waals surface area contributed by atoms with Gasteiger partial charge in [0.2, 0.25) is 0 Å². The summed E-state index contributed by atoms with van der Waals surface area (Å²) in [5.41, 5.74) is -0.726. The van der Waals surface area contributed by atoms with E-state index in [0.29, 0.717) is 12.1 Å². The summed E-state index contributed by atoms with van der Waals surface area (Å²) in [7, 11) is 0. The van der Waals surface area contributed by atoms with Crippen molar-refractivity contribution in [2.24, 2.45) is 0 Å². The van der Waals surface area contributed by atoms with Crippen LogP contribution >= 0.6 is 0 Å². The molecule has 0 radical (unpaired) electrons. The third kappa shape index (κ3) is 5.47. The normalized spacial score (nSPS) is 12.9. The molecule has 144 valence electrons. The predicted octanol–water partition coefficient (Wildman–Crippen LogP) is 1.98. The molecule has 0 saturated carbocycles. The van der Waals surface area contributed by atoms with Gasteiger partial charge in [-0.2, -0.15) is 0 Å². The summed E-state index contributed by atoms with van der Waals surface area (Å²) >= 11 is 0. The second-order valence-electron chi connectivity index (χ2n) is 5.61. The molecule has 0 heterocycles. The standard InChI is InChI=1S/C18H17F2NO6/c19-13-7-14(20)12(17(24)25)6-11(13)16(23)15(22)8-21-18(26)27-9-10-4-2-1-3-5-10/h1-7,15-16,22-23H,8-9H2,(H,21,26)(H,24,25). The van der Waals surface area contributed by atoms with Crippen LogP contribution in [0.5, 0.6) is 0 Å². The van der Waals surface area contributed by atoms with Crippen molar-refractivity contribution in [3.05, 3.63) is 70.8 Å². The lowest BCUT2D eigenvalue weighted by atomic mass is 10.0. The summed E-state index contributed by atoms with van der Waals surface area (Å²) in [5, 5.41) is 30.9. The first kappa shape index (κ1) is 20.3. The number of nitrogens with one attached hydrogen (secondary N) is 1. The van der Waals surface area contributed by atoms with Gasteiger partial charge in [0.05, 0.1) is 5.56 Å². The van der Waals surface area contributed by atoms with Crippen molar-refractivity contribution in [2.45, 2.75) is 18.8 Å². The van der Waals surface area contributed by atoms with Crippen LogP contribution in [0.1, 0.15) is 27.6 Å². The Morgan fingerprint density at radius 2 is 1.74 bits per heavy atom. The number of carbonyl (C=O) groups excluding carboxylic acids is 1. The molecule has 7 nitrogen and oxygen atoms in total. The highest BCUT2D eigenvalue weighted by Crippen LogP contribution is 2.23. The number of aliphatic hydroxyl groups is 2. The van der Waals surface area contributed by atoms with Crippen molar-refractivity contribution in [3.63, 3.8) is 0 Å². The van der Waals surface area contributed by atoms with Crippen molar-refractivity contribution in [3.8, 4) is 0 Å². The number of carboxylic acid groups (broad SMARTS) is 1. The van der Waals surface area contributed by atoms with E-state index in [0.717, 1.165) is 5.56 Å². The fraction of sp³-hybridized carbons (Fsp3) is 0.222. The fourth-order valence-corrected chi connectivity index (χ4v) is 2.24. The minimum Gasteiger partial charge on any atom is -0.478 e. The number of hydrogen-bond donors (Lipinski definition) is 4. The Kier molecular flexibility index (Phi) is 6.80. The Bertz CT molecular complexity index is 815. The molecule has 0 aliphatic heterocycles. The van der Waals surface area contributed by atoms with E-state index in [1.807, 2.05) is 0 Å². The van der Waals surface area contributed by atoms with E-state index in [9.17, 15) is 28.6 Å². The lowest BCUT2D eigenvalue weighted by Crippen LogP contribution is -2.36. The third-order valence-electron chi connectivity index (χ3n) is 3.67. The number of rotatable bonds is 7. The molecule has 2 aromatic rings. The maximum atomic E-state index is 13.8. The molecule has 0 spiro atoms. The maximum absolute atomic E-state index is 13.8. The lowest BCUT2D eigenvalue weighted by molar-refractivity contribution is 0.0162. The summed E-state index contributed by atoms with van der Waals surface area (Å²) in [6, 6.07) is 9.70. The number of aliphatic hydroxyl groups excluding tert-OH is 2. The molecule has 2 rings (SSSR count). The maximum Gasteiger partial charge on any atom is 0.407 e. The number of alkyl carbamates (subject to hydrolysis) is 1. The van der Waals surface area contributed by atoms with Crippen LogP contribution in [0.4, 0.5) is 13.6 Å². The molecule has 1 amide bonds. The van der Waals surface area contributed by atoms with E-state index in [-0.39, 0.29) is 6.61 Å². The first-order valence-electron chi connectivity index (χ1n) is 7.82. The second kappa shape index (κ2) is 9.06. The molecule has 0 aliphatic carbocycles. The first-order chi connectivity index (χ1) is 12.8. The third-order valence-corrected chi connectivity index (χ3v) is 3.67. The van der Waals surface area contributed by atoms with Crippen LogP contribution in [-0.2, 0) is 11.3 Å². The van der Waals surface area contributed by atoms with Crippen molar-refractivity contribution in [1.82, 2.24) is 5.32 Å². The van der Waals surface area contributed by atoms with E-state index < -0.39 is 53.6 Å². The average molecular weight is 381 g/mol. The molecule has 0 fully saturated rings. The predicted molar refractivity (Wildman–Crippen MR) is 88.9 cm³/mol. The van der Waals surface area contributed by atoms with Crippen LogP contribution in [0.25, 0.3) is 0 Å². The molecule has 0 bridgehead atoms. The summed E-state index contributed by atoms with van der Waals surface area (Å²) in [6.07, 6.45) is -4.45. The average Bonchev–Trinajstić information content (AvgIpc) is 2.64. The van der Waals surface area contributed by atoms with Gasteiger partial charge in [0, 0.05) is 18.2 Å². The second-order valence-corrected chi connectivity index (χ2v) is 5.61. The van der Waals surface area contributed by atoms with Crippen molar-refractivity contribution in [1.29, 1.82) is 0 Å². The zero-order valence-electron chi connectivity index (χ0n) is 13.9. The molecular weight excluding hydrogens is 364 g/mol. The molecule has 4 N–H and O–H groups in total. The van der Waals surface area contributed by atoms with E-state index in [1.54, 1.807) is 30.3 Å². The molecular formula is C18H17F2NO6. The highest BCUT2D eigenvalue weighted by molar-refractivity contribution is 5.88. The van der Waals surface area contributed by atoms with Gasteiger partial charge >= 0.3 is 12.1 Å². The zero-order chi connectivity index (χ0) is 20.0. The summed E-state index contributed by atoms with van der Waals surface area (Å²) < 4.78 is 32.1. The lowest BCUT2D eigenvalue weighted by Gasteiger charge is -2.19. The Labute approximate surface area is 152 Å². The van der Waals surface area contributed by atoms with E-state index in [2.05, 4.69) is 5.32 Å². The largest absolute Gasteiger partial charge is 0.478 e. The van der Waals surface area contributed by atoms with Gasteiger partial charge in [-0.05, 0) is 11.6 Å². The highest BCUT2D eigenvalue weighted by atomic mass is 19.1. The van der Waals surface area contributed by atoms with Gasteiger partial charge in [-0.25, -0.2) is 18.4 Å². The minimum atomic E-state index is -1.89. The minimum absolute atomic E-state index is 0.0140. The van der Waals surface area contributed by atoms with Crippen molar-refractivity contribution >= 4 is 12.1 Å². The molecule has 0 aliphatic rings. The summed E-state index contributed by atoms with van der Waals surface area (Å²) in [4.78, 5) is 22.5. The van der Waals surface area contributed by atoms with Gasteiger partial charge in [-0.3, -0.25) is 0 Å². The number of halogens is 2. The molecule has 2 unspecified atom stereocenters. The fourth-order valence-electron chi connectivity index (χ4n) is 2.24. The number of ether oxygens (including phenoxy) is 1. The van der Waals surface area contributed by atoms with Crippen LogP contribution in [-0.4, -0.2) is 40.0 Å². The Balaban J connectivity index is 1.93. The molecule has 2 atom stereocenters. The van der Waals surface area contributed by atoms with Gasteiger partial charge < -0.3 is 25.4 Å². The number of carboxylic acids is 1. The number of hydrogen-bond acceptors (Lipinski definition) is 5. The van der Waals surface area contributed by atoms with Crippen LogP contribution in [0.2, 0.25) is 0 Å². The quantitative estimate of drug-likeness (QED) is 0.583. The van der Waals surface area contributed by atoms with E-state index in [1.165, 1.54) is 0 Å². The Morgan fingerprint density at radius 3 is 2.37 bits per heavy atom. The van der Waals surface area contributed by atoms with Crippen molar-refractivity contribution in [2.75, 3.05) is 6.54 Å². The smallest absolute Gasteiger partial charge is 0.407 e. The number of aromatic carboxylic acids is 1. The molecule has 0 saturated heterocycles. The van der Waals surface area contributed by atoms with E-state index in [4.69, 9.17) is 9.84 Å². The van der Waals surface area contributed by atoms with Crippen molar-refractivity contribution < 1.29 is 38.4 Å². The van der Waals surface area contributed by atoms with Crippen LogP contribution in [0.15, 0.2) is 42.5 Å². The summed E-state index contributed by atoms with van der Waals surface area (Å²) in [6.45, 7) is -0.520. The monoisotopic (exact) mass is 381 g/mol. The number of benzene rings is 2. The van der Waals surface area contributed by atoms with Crippen LogP contribution in [0, 0.1) is 11.6 Å². The van der Waals surface area contributed by atoms with Crippen LogP contribution < -0.4 is 5.32 Å². The topological polar surface area (TPSA) is 116 Å². The SMILES string of the molecule is O=C(NCC(O)C(O)c1cc(C(=O)O)c(F)cc1F)OCc1ccccc1. The van der Waals surface area contributed by atoms with E-state index >= 15 is 0 Å². The molecule has 0 aromatic heterocycles. The van der Waals surface area contributed by atoms with Gasteiger partial charge in [0.15, 0.2) is 0 Å². The van der Waals surface area contributed by atoms with Gasteiger partial charge in [-0.1, -0.05) is 30.3 Å². The van der Waals surface area contributed by atoms with Gasteiger partial charge in [-0.15, -0.1) is 0 Å². The Morgan fingerprint density at radius 1 is 1.07 bits per heavy atom. The number of carbonyl (C=O) groups is 2. The zero-order valence-corrected chi connectivity index (χ0v) is 13.9. The number of amides is 1. The molecule has 2 aromatic carbocycles. The van der Waals surface area contributed by atoms with Crippen LogP contribution in [0.3, 0.4) is 0 Å². The Hall–Kier alpha value is -3.04. The van der Waals surface area contributed by atoms with Gasteiger partial charge in [0.25, 0.3) is 0 Å².